The van der Waals surface area contributed by atoms with Gasteiger partial charge in [0, 0.05) is 22.9 Å². The molecule has 0 aliphatic heterocycles. The van der Waals surface area contributed by atoms with E-state index >= 15 is 0 Å². The van der Waals surface area contributed by atoms with Crippen LogP contribution in [0.1, 0.15) is 49.7 Å². The van der Waals surface area contributed by atoms with Crippen LogP contribution in [0.25, 0.3) is 10.8 Å². The molecule has 1 saturated carbocycles. The highest BCUT2D eigenvalue weighted by atomic mass is 32.1. The highest BCUT2D eigenvalue weighted by Crippen LogP contribution is 2.36. The van der Waals surface area contributed by atoms with Crippen molar-refractivity contribution in [2.75, 3.05) is 0 Å². The second-order valence-corrected chi connectivity index (χ2v) is 7.71. The third kappa shape index (κ3) is 2.81. The monoisotopic (exact) mass is 290 g/mol. The molecule has 20 heavy (non-hydrogen) atoms. The summed E-state index contributed by atoms with van der Waals surface area (Å²) in [6.45, 7) is 9.66. The molecule has 2 aromatic rings. The zero-order chi connectivity index (χ0) is 14.3. The van der Waals surface area contributed by atoms with Gasteiger partial charge in [0.15, 0.2) is 10.8 Å². The summed E-state index contributed by atoms with van der Waals surface area (Å²) in [5.74, 6) is 0.915. The molecule has 3 nitrogen and oxygen atoms in total. The summed E-state index contributed by atoms with van der Waals surface area (Å²) in [5.41, 5.74) is 2.41. The van der Waals surface area contributed by atoms with Gasteiger partial charge in [0.1, 0.15) is 0 Å². The van der Waals surface area contributed by atoms with Crippen molar-refractivity contribution in [3.05, 3.63) is 28.5 Å². The molecule has 0 spiro atoms. The van der Waals surface area contributed by atoms with Crippen LogP contribution >= 0.6 is 11.3 Å². The second kappa shape index (κ2) is 5.01. The molecule has 1 aliphatic carbocycles. The third-order valence-corrected chi connectivity index (χ3v) is 4.65. The Morgan fingerprint density at radius 3 is 2.70 bits per heavy atom. The Hall–Kier alpha value is -1.13. The molecular formula is C16H22N2OS. The highest BCUT2D eigenvalue weighted by molar-refractivity contribution is 7.15. The van der Waals surface area contributed by atoms with Gasteiger partial charge in [0.2, 0.25) is 0 Å². The van der Waals surface area contributed by atoms with E-state index in [1.54, 1.807) is 17.6 Å². The molecule has 2 aromatic heterocycles. The maximum absolute atomic E-state index is 5.60. The molecule has 0 radical (unpaired) electrons. The van der Waals surface area contributed by atoms with E-state index in [4.69, 9.17) is 9.40 Å². The normalized spacial score (nSPS) is 15.8. The number of thiazole rings is 1. The van der Waals surface area contributed by atoms with Crippen molar-refractivity contribution in [2.45, 2.75) is 58.5 Å². The van der Waals surface area contributed by atoms with E-state index in [2.05, 4.69) is 33.0 Å². The van der Waals surface area contributed by atoms with E-state index in [1.165, 1.54) is 23.4 Å². The van der Waals surface area contributed by atoms with Gasteiger partial charge in [-0.1, -0.05) is 20.8 Å². The number of furan rings is 1. The van der Waals surface area contributed by atoms with Crippen LogP contribution in [0.15, 0.2) is 16.7 Å². The molecule has 0 saturated heterocycles. The number of hydrogen-bond donors (Lipinski definition) is 1. The zero-order valence-corrected chi connectivity index (χ0v) is 13.4. The summed E-state index contributed by atoms with van der Waals surface area (Å²) in [6.07, 6.45) is 4.37. The lowest BCUT2D eigenvalue weighted by Crippen LogP contribution is -2.19. The van der Waals surface area contributed by atoms with Crippen molar-refractivity contribution < 1.29 is 4.42 Å². The van der Waals surface area contributed by atoms with Gasteiger partial charge in [-0.25, -0.2) is 4.98 Å². The van der Waals surface area contributed by atoms with Crippen molar-refractivity contribution in [3.8, 4) is 10.8 Å². The van der Waals surface area contributed by atoms with Gasteiger partial charge in [0.05, 0.1) is 12.0 Å². The minimum Gasteiger partial charge on any atom is -0.462 e. The number of rotatable bonds is 4. The topological polar surface area (TPSA) is 38.1 Å². The molecule has 2 heterocycles. The summed E-state index contributed by atoms with van der Waals surface area (Å²) in [7, 11) is 0. The van der Waals surface area contributed by atoms with E-state index in [0.717, 1.165) is 28.9 Å². The van der Waals surface area contributed by atoms with Crippen LogP contribution in [0, 0.1) is 6.92 Å². The Labute approximate surface area is 124 Å². The largest absolute Gasteiger partial charge is 0.462 e. The van der Waals surface area contributed by atoms with Crippen molar-refractivity contribution in [1.29, 1.82) is 0 Å². The Balaban J connectivity index is 1.94. The molecule has 3 rings (SSSR count). The quantitative estimate of drug-likeness (QED) is 0.914. The number of hydrogen-bond acceptors (Lipinski definition) is 4. The van der Waals surface area contributed by atoms with Crippen molar-refractivity contribution >= 4 is 11.3 Å². The smallest absolute Gasteiger partial charge is 0.165 e. The molecular weight excluding hydrogens is 268 g/mol. The SMILES string of the molecule is Cc1ccoc1-c1nc(C(C)(C)C)c(CNC2CC2)s1. The lowest BCUT2D eigenvalue weighted by Gasteiger charge is -2.17. The van der Waals surface area contributed by atoms with Crippen molar-refractivity contribution in [1.82, 2.24) is 10.3 Å². The van der Waals surface area contributed by atoms with Crippen molar-refractivity contribution in [2.24, 2.45) is 0 Å². The van der Waals surface area contributed by atoms with Crippen LogP contribution in [0.3, 0.4) is 0 Å². The Bertz CT molecular complexity index is 602. The van der Waals surface area contributed by atoms with E-state index in [-0.39, 0.29) is 5.41 Å². The zero-order valence-electron chi connectivity index (χ0n) is 12.6. The Morgan fingerprint density at radius 1 is 1.40 bits per heavy atom. The summed E-state index contributed by atoms with van der Waals surface area (Å²) in [6, 6.07) is 2.72. The van der Waals surface area contributed by atoms with Crippen LogP contribution in [0.5, 0.6) is 0 Å². The van der Waals surface area contributed by atoms with E-state index in [1.807, 2.05) is 6.07 Å². The average Bonchev–Trinajstić information content (AvgIpc) is 2.93. The fourth-order valence-electron chi connectivity index (χ4n) is 2.27. The van der Waals surface area contributed by atoms with Gasteiger partial charge < -0.3 is 9.73 Å². The average molecular weight is 290 g/mol. The lowest BCUT2D eigenvalue weighted by molar-refractivity contribution is 0.555. The summed E-state index contributed by atoms with van der Waals surface area (Å²) in [4.78, 5) is 6.21. The van der Waals surface area contributed by atoms with Gasteiger partial charge in [0.25, 0.3) is 0 Å². The fraction of sp³-hybridized carbons (Fsp3) is 0.562. The number of nitrogens with one attached hydrogen (secondary N) is 1. The number of aromatic nitrogens is 1. The summed E-state index contributed by atoms with van der Waals surface area (Å²) < 4.78 is 5.60. The minimum atomic E-state index is 0.0653. The van der Waals surface area contributed by atoms with Gasteiger partial charge in [-0.3, -0.25) is 0 Å². The van der Waals surface area contributed by atoms with E-state index < -0.39 is 0 Å². The minimum absolute atomic E-state index is 0.0653. The van der Waals surface area contributed by atoms with Gasteiger partial charge in [-0.15, -0.1) is 11.3 Å². The summed E-state index contributed by atoms with van der Waals surface area (Å²) >= 11 is 1.76. The van der Waals surface area contributed by atoms with Crippen LogP contribution < -0.4 is 5.32 Å². The second-order valence-electron chi connectivity index (χ2n) is 6.63. The maximum Gasteiger partial charge on any atom is 0.165 e. The van der Waals surface area contributed by atoms with Crippen LogP contribution in [0.2, 0.25) is 0 Å². The molecule has 0 atom stereocenters. The van der Waals surface area contributed by atoms with Crippen LogP contribution in [-0.2, 0) is 12.0 Å². The molecule has 108 valence electrons. The van der Waals surface area contributed by atoms with E-state index in [0.29, 0.717) is 0 Å². The Kier molecular flexibility index (Phi) is 3.46. The third-order valence-electron chi connectivity index (χ3n) is 3.59. The first-order valence-corrected chi connectivity index (χ1v) is 8.05. The molecule has 1 fully saturated rings. The first-order chi connectivity index (χ1) is 9.45. The van der Waals surface area contributed by atoms with E-state index in [9.17, 15) is 0 Å². The first-order valence-electron chi connectivity index (χ1n) is 7.23. The molecule has 0 amide bonds. The van der Waals surface area contributed by atoms with Gasteiger partial charge >= 0.3 is 0 Å². The Morgan fingerprint density at radius 2 is 2.15 bits per heavy atom. The van der Waals surface area contributed by atoms with Crippen LogP contribution in [0.4, 0.5) is 0 Å². The predicted octanol–water partition coefficient (Wildman–Crippen LogP) is 4.26. The van der Waals surface area contributed by atoms with Crippen LogP contribution in [-0.4, -0.2) is 11.0 Å². The fourth-order valence-corrected chi connectivity index (χ4v) is 3.55. The highest BCUT2D eigenvalue weighted by Gasteiger charge is 2.27. The maximum atomic E-state index is 5.60. The molecule has 1 N–H and O–H groups in total. The first kappa shape index (κ1) is 13.8. The molecule has 1 aliphatic rings. The number of nitrogens with zero attached hydrogens (tertiary/aromatic N) is 1. The standard InChI is InChI=1S/C16H22N2OS/c1-10-7-8-19-13(10)15-18-14(16(2,3)4)12(20-15)9-17-11-5-6-11/h7-8,11,17H,5-6,9H2,1-4H3. The van der Waals surface area contributed by atoms with Gasteiger partial charge in [-0.05, 0) is 31.4 Å². The lowest BCUT2D eigenvalue weighted by atomic mass is 9.91. The predicted molar refractivity (Wildman–Crippen MR) is 83.1 cm³/mol. The summed E-state index contributed by atoms with van der Waals surface area (Å²) in [5, 5.41) is 4.60. The van der Waals surface area contributed by atoms with Crippen molar-refractivity contribution in [3.63, 3.8) is 0 Å². The molecule has 0 aromatic carbocycles. The molecule has 0 bridgehead atoms. The van der Waals surface area contributed by atoms with Gasteiger partial charge in [-0.2, -0.15) is 0 Å². The number of aryl methyl sites for hydroxylation is 1. The molecule has 4 heteroatoms. The molecule has 0 unspecified atom stereocenters.